The molecule has 0 spiro atoms. The Balaban J connectivity index is 2.14. The Morgan fingerprint density at radius 2 is 2.00 bits per heavy atom. The van der Waals surface area contributed by atoms with Crippen LogP contribution in [0.2, 0.25) is 0 Å². The van der Waals surface area contributed by atoms with Crippen LogP contribution in [0.4, 0.5) is 5.82 Å². The van der Waals surface area contributed by atoms with Crippen molar-refractivity contribution in [2.45, 2.75) is 20.4 Å². The van der Waals surface area contributed by atoms with Gasteiger partial charge < -0.3 is 10.3 Å². The number of fused-ring (bicyclic) bond motifs is 1. The van der Waals surface area contributed by atoms with Crippen molar-refractivity contribution >= 4 is 16.6 Å². The lowest BCUT2D eigenvalue weighted by molar-refractivity contribution is 0.527. The molecule has 4 nitrogen and oxygen atoms in total. The minimum absolute atomic E-state index is 0.532. The molecule has 0 fully saturated rings. The van der Waals surface area contributed by atoms with Crippen LogP contribution in [0.25, 0.3) is 22.0 Å². The van der Waals surface area contributed by atoms with Crippen molar-refractivity contribution < 1.29 is 0 Å². The standard InChI is InChI=1S/C16H18N4/c1-11(2)9-20-10-19-15(16(20)17)14-8-18-7-12-5-3-4-6-13(12)14/h3-8,10-11H,9,17H2,1-2H3. The summed E-state index contributed by atoms with van der Waals surface area (Å²) in [6.45, 7) is 5.20. The molecule has 3 aromatic rings. The Hall–Kier alpha value is -2.36. The summed E-state index contributed by atoms with van der Waals surface area (Å²) in [6.07, 6.45) is 5.51. The van der Waals surface area contributed by atoms with Crippen molar-refractivity contribution in [3.8, 4) is 11.3 Å². The molecule has 0 saturated heterocycles. The quantitative estimate of drug-likeness (QED) is 0.791. The molecule has 4 heteroatoms. The first-order valence-corrected chi connectivity index (χ1v) is 6.80. The summed E-state index contributed by atoms with van der Waals surface area (Å²) < 4.78 is 2.00. The van der Waals surface area contributed by atoms with Crippen molar-refractivity contribution in [3.05, 3.63) is 43.0 Å². The summed E-state index contributed by atoms with van der Waals surface area (Å²) in [5.74, 6) is 1.24. The maximum atomic E-state index is 6.25. The molecule has 102 valence electrons. The average Bonchev–Trinajstić information content (AvgIpc) is 2.79. The first-order valence-electron chi connectivity index (χ1n) is 6.80. The van der Waals surface area contributed by atoms with Gasteiger partial charge in [0, 0.05) is 29.9 Å². The topological polar surface area (TPSA) is 56.7 Å². The van der Waals surface area contributed by atoms with E-state index in [-0.39, 0.29) is 0 Å². The Bertz CT molecular complexity index is 738. The number of aromatic nitrogens is 3. The van der Waals surface area contributed by atoms with Gasteiger partial charge in [0.2, 0.25) is 0 Å². The van der Waals surface area contributed by atoms with Crippen LogP contribution in [0.1, 0.15) is 13.8 Å². The summed E-state index contributed by atoms with van der Waals surface area (Å²) in [4.78, 5) is 8.78. The molecule has 0 unspecified atom stereocenters. The van der Waals surface area contributed by atoms with Crippen molar-refractivity contribution in [3.63, 3.8) is 0 Å². The van der Waals surface area contributed by atoms with E-state index in [1.165, 1.54) is 0 Å². The average molecular weight is 266 g/mol. The Morgan fingerprint density at radius 3 is 2.80 bits per heavy atom. The largest absolute Gasteiger partial charge is 0.383 e. The van der Waals surface area contributed by atoms with E-state index in [1.54, 1.807) is 0 Å². The van der Waals surface area contributed by atoms with Gasteiger partial charge in [-0.25, -0.2) is 4.98 Å². The molecular weight excluding hydrogens is 248 g/mol. The van der Waals surface area contributed by atoms with E-state index in [2.05, 4.69) is 29.9 Å². The number of imidazole rings is 1. The molecule has 2 heterocycles. The van der Waals surface area contributed by atoms with E-state index >= 15 is 0 Å². The van der Waals surface area contributed by atoms with Gasteiger partial charge in [0.15, 0.2) is 0 Å². The zero-order chi connectivity index (χ0) is 14.1. The summed E-state index contributed by atoms with van der Waals surface area (Å²) in [5.41, 5.74) is 8.05. The molecule has 2 aromatic heterocycles. The molecule has 3 rings (SSSR count). The SMILES string of the molecule is CC(C)Cn1cnc(-c2cncc3ccccc23)c1N. The summed E-state index contributed by atoms with van der Waals surface area (Å²) >= 11 is 0. The molecule has 0 aliphatic heterocycles. The molecule has 0 amide bonds. The minimum Gasteiger partial charge on any atom is -0.383 e. The lowest BCUT2D eigenvalue weighted by atomic mass is 10.1. The normalized spacial score (nSPS) is 11.3. The third-order valence-electron chi connectivity index (χ3n) is 3.36. The van der Waals surface area contributed by atoms with Crippen LogP contribution in [0.5, 0.6) is 0 Å². The first-order chi connectivity index (χ1) is 9.66. The van der Waals surface area contributed by atoms with E-state index in [1.807, 2.05) is 41.5 Å². The Kier molecular flexibility index (Phi) is 3.14. The van der Waals surface area contributed by atoms with Gasteiger partial charge in [-0.1, -0.05) is 38.1 Å². The van der Waals surface area contributed by atoms with E-state index in [4.69, 9.17) is 5.73 Å². The lowest BCUT2D eigenvalue weighted by Gasteiger charge is -2.09. The monoisotopic (exact) mass is 266 g/mol. The second-order valence-electron chi connectivity index (χ2n) is 5.43. The number of benzene rings is 1. The van der Waals surface area contributed by atoms with Crippen LogP contribution in [0.15, 0.2) is 43.0 Å². The second-order valence-corrected chi connectivity index (χ2v) is 5.43. The van der Waals surface area contributed by atoms with Gasteiger partial charge in [-0.3, -0.25) is 4.98 Å². The van der Waals surface area contributed by atoms with E-state index in [9.17, 15) is 0 Å². The highest BCUT2D eigenvalue weighted by molar-refractivity contribution is 5.96. The second kappa shape index (κ2) is 4.96. The number of nitrogen functional groups attached to an aromatic ring is 1. The van der Waals surface area contributed by atoms with Gasteiger partial charge in [-0.2, -0.15) is 0 Å². The van der Waals surface area contributed by atoms with Gasteiger partial charge in [0.1, 0.15) is 11.5 Å². The number of hydrogen-bond acceptors (Lipinski definition) is 3. The molecule has 2 N–H and O–H groups in total. The summed E-state index contributed by atoms with van der Waals surface area (Å²) in [6, 6.07) is 8.15. The fourth-order valence-corrected chi connectivity index (χ4v) is 2.44. The van der Waals surface area contributed by atoms with Gasteiger partial charge in [0.05, 0.1) is 6.33 Å². The highest BCUT2D eigenvalue weighted by Crippen LogP contribution is 2.30. The van der Waals surface area contributed by atoms with E-state index < -0.39 is 0 Å². The van der Waals surface area contributed by atoms with E-state index in [0.717, 1.165) is 28.6 Å². The number of nitrogens with two attached hydrogens (primary N) is 1. The Morgan fingerprint density at radius 1 is 1.20 bits per heavy atom. The van der Waals surface area contributed by atoms with Gasteiger partial charge in [0.25, 0.3) is 0 Å². The molecule has 0 radical (unpaired) electrons. The highest BCUT2D eigenvalue weighted by Gasteiger charge is 2.13. The number of nitrogens with zero attached hydrogens (tertiary/aromatic N) is 3. The maximum Gasteiger partial charge on any atom is 0.131 e. The third kappa shape index (κ3) is 2.13. The van der Waals surface area contributed by atoms with Crippen molar-refractivity contribution in [2.75, 3.05) is 5.73 Å². The molecule has 0 atom stereocenters. The summed E-state index contributed by atoms with van der Waals surface area (Å²) in [7, 11) is 0. The number of hydrogen-bond donors (Lipinski definition) is 1. The lowest BCUT2D eigenvalue weighted by Crippen LogP contribution is -2.06. The fourth-order valence-electron chi connectivity index (χ4n) is 2.44. The maximum absolute atomic E-state index is 6.25. The van der Waals surface area contributed by atoms with Crippen molar-refractivity contribution in [1.29, 1.82) is 0 Å². The van der Waals surface area contributed by atoms with Crippen LogP contribution in [0.3, 0.4) is 0 Å². The highest BCUT2D eigenvalue weighted by atomic mass is 15.1. The van der Waals surface area contributed by atoms with Gasteiger partial charge in [-0.15, -0.1) is 0 Å². The van der Waals surface area contributed by atoms with Crippen LogP contribution >= 0.6 is 0 Å². The molecule has 20 heavy (non-hydrogen) atoms. The van der Waals surface area contributed by atoms with Gasteiger partial charge >= 0.3 is 0 Å². The predicted molar refractivity (Wildman–Crippen MR) is 82.2 cm³/mol. The van der Waals surface area contributed by atoms with Crippen LogP contribution in [0, 0.1) is 5.92 Å². The number of pyridine rings is 1. The van der Waals surface area contributed by atoms with Crippen LogP contribution in [-0.4, -0.2) is 14.5 Å². The van der Waals surface area contributed by atoms with Crippen LogP contribution in [-0.2, 0) is 6.54 Å². The first kappa shape index (κ1) is 12.7. The molecule has 0 aliphatic rings. The zero-order valence-electron chi connectivity index (χ0n) is 11.7. The Labute approximate surface area is 118 Å². The predicted octanol–water partition coefficient (Wildman–Crippen LogP) is 3.34. The third-order valence-corrected chi connectivity index (χ3v) is 3.36. The van der Waals surface area contributed by atoms with Crippen molar-refractivity contribution in [1.82, 2.24) is 14.5 Å². The fraction of sp³-hybridized carbons (Fsp3) is 0.250. The molecule has 0 aliphatic carbocycles. The smallest absolute Gasteiger partial charge is 0.131 e. The molecule has 1 aromatic carbocycles. The summed E-state index contributed by atoms with van der Waals surface area (Å²) in [5, 5.41) is 2.23. The molecule has 0 saturated carbocycles. The zero-order valence-corrected chi connectivity index (χ0v) is 11.7. The van der Waals surface area contributed by atoms with Crippen LogP contribution < -0.4 is 5.73 Å². The molecular formula is C16H18N4. The molecule has 0 bridgehead atoms. The van der Waals surface area contributed by atoms with Crippen molar-refractivity contribution in [2.24, 2.45) is 5.92 Å². The van der Waals surface area contributed by atoms with E-state index in [0.29, 0.717) is 11.7 Å². The minimum atomic E-state index is 0.532. The number of rotatable bonds is 3. The van der Waals surface area contributed by atoms with Gasteiger partial charge in [-0.05, 0) is 11.3 Å². The number of anilines is 1.